The van der Waals surface area contributed by atoms with Crippen molar-refractivity contribution >= 4 is 23.4 Å². The van der Waals surface area contributed by atoms with Crippen LogP contribution in [0.15, 0.2) is 24.7 Å². The van der Waals surface area contributed by atoms with Crippen LogP contribution in [0.1, 0.15) is 51.2 Å². The number of hydrogen-bond donors (Lipinski definition) is 0. The molecule has 0 unspecified atom stereocenters. The lowest BCUT2D eigenvalue weighted by Gasteiger charge is -2.39. The molecule has 0 bridgehead atoms. The van der Waals surface area contributed by atoms with Gasteiger partial charge < -0.3 is 14.5 Å². The number of piperidine rings is 1. The van der Waals surface area contributed by atoms with Crippen LogP contribution in [0.3, 0.4) is 0 Å². The lowest BCUT2D eigenvalue weighted by atomic mass is 9.78. The number of aromatic nitrogens is 3. The second kappa shape index (κ2) is 8.67. The van der Waals surface area contributed by atoms with E-state index in [4.69, 9.17) is 16.3 Å². The average molecular weight is 456 g/mol. The Kier molecular flexibility index (Phi) is 6.09. The van der Waals surface area contributed by atoms with Crippen LogP contribution in [0, 0.1) is 17.3 Å². The molecule has 0 N–H and O–H groups in total. The number of aryl methyl sites for hydroxylation is 1. The molecule has 0 aliphatic carbocycles. The largest absolute Gasteiger partial charge is 0.444 e. The monoisotopic (exact) mass is 455 g/mol. The second-order valence-electron chi connectivity index (χ2n) is 9.82. The minimum absolute atomic E-state index is 0.197. The van der Waals surface area contributed by atoms with Crippen LogP contribution >= 0.6 is 11.6 Å². The molecule has 2 saturated heterocycles. The number of amides is 1. The maximum Gasteiger partial charge on any atom is 0.410 e. The van der Waals surface area contributed by atoms with Gasteiger partial charge in [0.05, 0.1) is 23.0 Å². The van der Waals surface area contributed by atoms with Gasteiger partial charge in [0.15, 0.2) is 0 Å². The first kappa shape index (κ1) is 22.5. The highest BCUT2D eigenvalue weighted by Crippen LogP contribution is 2.43. The lowest BCUT2D eigenvalue weighted by Crippen LogP contribution is -2.46. The number of nitrogens with zero attached hydrogens (tertiary/aromatic N) is 5. The zero-order chi connectivity index (χ0) is 22.9. The molecule has 2 fully saturated rings. The number of carbonyl (C=O) groups excluding carboxylic acids is 1. The molecule has 8 heteroatoms. The maximum absolute atomic E-state index is 12.4. The van der Waals surface area contributed by atoms with Crippen molar-refractivity contribution in [3.8, 4) is 11.8 Å². The standard InChI is InChI=1S/C24H30ClN5O2/c1-23(2,3)32-22(31)29-10-7-24(8-11-29)9-12-30(17-24)20-13-21(25)26-15-19(20)6-5-18-14-27-28(4)16-18/h13-16H,7-12,17H2,1-4H3. The van der Waals surface area contributed by atoms with Crippen LogP contribution in [-0.2, 0) is 11.8 Å². The molecule has 0 aromatic carbocycles. The van der Waals surface area contributed by atoms with Gasteiger partial charge in [-0.2, -0.15) is 5.10 Å². The topological polar surface area (TPSA) is 63.5 Å². The fourth-order valence-corrected chi connectivity index (χ4v) is 4.59. The van der Waals surface area contributed by atoms with Gasteiger partial charge in [0, 0.05) is 51.7 Å². The molecule has 2 aliphatic rings. The highest BCUT2D eigenvalue weighted by atomic mass is 35.5. The van der Waals surface area contributed by atoms with Gasteiger partial charge in [0.1, 0.15) is 10.8 Å². The summed E-state index contributed by atoms with van der Waals surface area (Å²) in [5.41, 5.74) is 2.47. The third kappa shape index (κ3) is 5.18. The molecular weight excluding hydrogens is 426 g/mol. The van der Waals surface area contributed by atoms with Crippen molar-refractivity contribution in [2.45, 2.75) is 45.6 Å². The first-order valence-corrected chi connectivity index (χ1v) is 11.4. The summed E-state index contributed by atoms with van der Waals surface area (Å²) in [7, 11) is 1.87. The van der Waals surface area contributed by atoms with E-state index >= 15 is 0 Å². The van der Waals surface area contributed by atoms with Crippen LogP contribution < -0.4 is 4.90 Å². The first-order valence-electron chi connectivity index (χ1n) is 11.0. The highest BCUT2D eigenvalue weighted by molar-refractivity contribution is 6.29. The zero-order valence-electron chi connectivity index (χ0n) is 19.2. The Labute approximate surface area is 194 Å². The van der Waals surface area contributed by atoms with Gasteiger partial charge in [-0.25, -0.2) is 9.78 Å². The third-order valence-electron chi connectivity index (χ3n) is 6.15. The van der Waals surface area contributed by atoms with Crippen molar-refractivity contribution in [3.63, 3.8) is 0 Å². The van der Waals surface area contributed by atoms with Gasteiger partial charge in [-0.15, -0.1) is 0 Å². The molecule has 1 amide bonds. The fourth-order valence-electron chi connectivity index (χ4n) is 4.44. The number of anilines is 1. The van der Waals surface area contributed by atoms with Crippen LogP contribution in [0.5, 0.6) is 0 Å². The predicted molar refractivity (Wildman–Crippen MR) is 125 cm³/mol. The van der Waals surface area contributed by atoms with Gasteiger partial charge in [0.25, 0.3) is 0 Å². The SMILES string of the molecule is Cn1cc(C#Cc2cnc(Cl)cc2N2CCC3(CCN(C(=O)OC(C)(C)C)CC3)C2)cn1. The maximum atomic E-state index is 12.4. The Balaban J connectivity index is 1.45. The average Bonchev–Trinajstić information content (AvgIpc) is 3.32. The van der Waals surface area contributed by atoms with Crippen molar-refractivity contribution in [3.05, 3.63) is 40.9 Å². The molecular formula is C24H30ClN5O2. The second-order valence-corrected chi connectivity index (χ2v) is 10.2. The number of rotatable bonds is 1. The molecule has 2 aliphatic heterocycles. The smallest absolute Gasteiger partial charge is 0.410 e. The number of likely N-dealkylation sites (tertiary alicyclic amines) is 1. The molecule has 0 atom stereocenters. The summed E-state index contributed by atoms with van der Waals surface area (Å²) in [5, 5.41) is 4.63. The minimum atomic E-state index is -0.468. The fraction of sp³-hybridized carbons (Fsp3) is 0.542. The minimum Gasteiger partial charge on any atom is -0.444 e. The zero-order valence-corrected chi connectivity index (χ0v) is 19.9. The molecule has 4 heterocycles. The third-order valence-corrected chi connectivity index (χ3v) is 6.36. The van der Waals surface area contributed by atoms with E-state index in [0.29, 0.717) is 5.15 Å². The summed E-state index contributed by atoms with van der Waals surface area (Å²) < 4.78 is 7.28. The van der Waals surface area contributed by atoms with Gasteiger partial charge in [-0.3, -0.25) is 4.68 Å². The summed E-state index contributed by atoms with van der Waals surface area (Å²) in [6.45, 7) is 9.03. The molecule has 32 heavy (non-hydrogen) atoms. The van der Waals surface area contributed by atoms with Crippen molar-refractivity contribution in [2.75, 3.05) is 31.1 Å². The van der Waals surface area contributed by atoms with Gasteiger partial charge >= 0.3 is 6.09 Å². The van der Waals surface area contributed by atoms with E-state index in [2.05, 4.69) is 26.8 Å². The van der Waals surface area contributed by atoms with E-state index in [1.165, 1.54) is 0 Å². The van der Waals surface area contributed by atoms with E-state index in [9.17, 15) is 4.79 Å². The Bertz CT molecular complexity index is 1050. The number of carbonyl (C=O) groups is 1. The Hall–Kier alpha value is -2.72. The molecule has 7 nitrogen and oxygen atoms in total. The Morgan fingerprint density at radius 3 is 2.53 bits per heavy atom. The van der Waals surface area contributed by atoms with Crippen LogP contribution in [0.2, 0.25) is 5.15 Å². The molecule has 0 saturated carbocycles. The number of halogens is 1. The van der Waals surface area contributed by atoms with E-state index < -0.39 is 5.60 Å². The van der Waals surface area contributed by atoms with Crippen molar-refractivity contribution in [2.24, 2.45) is 12.5 Å². The lowest BCUT2D eigenvalue weighted by molar-refractivity contribution is 0.0122. The van der Waals surface area contributed by atoms with Crippen LogP contribution in [0.25, 0.3) is 0 Å². The van der Waals surface area contributed by atoms with Gasteiger partial charge in [-0.05, 0) is 45.4 Å². The molecule has 2 aromatic heterocycles. The van der Waals surface area contributed by atoms with Crippen LogP contribution in [-0.4, -0.2) is 57.5 Å². The predicted octanol–water partition coefficient (Wildman–Crippen LogP) is 4.10. The molecule has 2 aromatic rings. The molecule has 4 rings (SSSR count). The summed E-state index contributed by atoms with van der Waals surface area (Å²) in [6.07, 6.45) is 8.20. The van der Waals surface area contributed by atoms with E-state index in [1.807, 2.05) is 45.0 Å². The summed E-state index contributed by atoms with van der Waals surface area (Å²) in [5.74, 6) is 6.42. The summed E-state index contributed by atoms with van der Waals surface area (Å²) in [4.78, 5) is 20.9. The van der Waals surface area contributed by atoms with Crippen molar-refractivity contribution in [1.82, 2.24) is 19.7 Å². The van der Waals surface area contributed by atoms with Crippen molar-refractivity contribution < 1.29 is 9.53 Å². The number of hydrogen-bond acceptors (Lipinski definition) is 5. The molecule has 0 radical (unpaired) electrons. The Morgan fingerprint density at radius 1 is 1.16 bits per heavy atom. The quantitative estimate of drug-likeness (QED) is 0.478. The number of pyridine rings is 1. The van der Waals surface area contributed by atoms with Gasteiger partial charge in [-0.1, -0.05) is 23.4 Å². The molecule has 1 spiro atoms. The Morgan fingerprint density at radius 2 is 1.88 bits per heavy atom. The summed E-state index contributed by atoms with van der Waals surface area (Å²) in [6, 6.07) is 1.91. The van der Waals surface area contributed by atoms with Crippen LogP contribution in [0.4, 0.5) is 10.5 Å². The number of ether oxygens (including phenoxy) is 1. The normalized spacial score (nSPS) is 17.9. The van der Waals surface area contributed by atoms with Crippen molar-refractivity contribution in [1.29, 1.82) is 0 Å². The van der Waals surface area contributed by atoms with E-state index in [1.54, 1.807) is 17.1 Å². The van der Waals surface area contributed by atoms with E-state index in [-0.39, 0.29) is 11.5 Å². The molecule has 170 valence electrons. The summed E-state index contributed by atoms with van der Waals surface area (Å²) >= 11 is 6.24. The first-order chi connectivity index (χ1) is 15.1. The van der Waals surface area contributed by atoms with E-state index in [0.717, 1.165) is 62.3 Å². The van der Waals surface area contributed by atoms with Gasteiger partial charge in [0.2, 0.25) is 0 Å². The highest BCUT2D eigenvalue weighted by Gasteiger charge is 2.42.